The van der Waals surface area contributed by atoms with Crippen LogP contribution in [0, 0.1) is 6.92 Å². The molecule has 2 heterocycles. The molecule has 0 saturated heterocycles. The van der Waals surface area contributed by atoms with Gasteiger partial charge in [0.2, 0.25) is 0 Å². The average molecular weight is 279 g/mol. The lowest BCUT2D eigenvalue weighted by Crippen LogP contribution is -2.23. The largest absolute Gasteiger partial charge is 0.465 e. The number of aromatic nitrogens is 2. The molecule has 0 amide bonds. The van der Waals surface area contributed by atoms with E-state index in [-0.39, 0.29) is 5.97 Å². The van der Waals surface area contributed by atoms with E-state index < -0.39 is 0 Å². The molecule has 0 unspecified atom stereocenters. The van der Waals surface area contributed by atoms with Gasteiger partial charge in [0.15, 0.2) is 0 Å². The van der Waals surface area contributed by atoms with E-state index in [4.69, 9.17) is 4.74 Å². The van der Waals surface area contributed by atoms with Crippen LogP contribution in [0.1, 0.15) is 29.1 Å². The van der Waals surface area contributed by atoms with E-state index in [0.29, 0.717) is 4.88 Å². The number of fused-ring (bicyclic) bond motifs is 1. The fraction of sp³-hybridized carbons (Fsp3) is 0.462. The minimum atomic E-state index is -0.314. The van der Waals surface area contributed by atoms with Crippen molar-refractivity contribution in [1.82, 2.24) is 9.97 Å². The topological polar surface area (TPSA) is 55.3 Å². The van der Waals surface area contributed by atoms with Crippen LogP contribution in [0.15, 0.2) is 6.33 Å². The second-order valence-electron chi connectivity index (χ2n) is 4.10. The molecular formula is C13H17N3O2S. The Labute approximate surface area is 116 Å². The van der Waals surface area contributed by atoms with Gasteiger partial charge < -0.3 is 9.64 Å². The van der Waals surface area contributed by atoms with Crippen LogP contribution < -0.4 is 4.90 Å². The van der Waals surface area contributed by atoms with Crippen molar-refractivity contribution in [2.75, 3.05) is 25.1 Å². The van der Waals surface area contributed by atoms with Crippen LogP contribution in [-0.4, -0.2) is 36.1 Å². The van der Waals surface area contributed by atoms with Crippen LogP contribution in [0.3, 0.4) is 0 Å². The van der Waals surface area contributed by atoms with Crippen molar-refractivity contribution in [1.29, 1.82) is 0 Å². The predicted molar refractivity (Wildman–Crippen MR) is 77.1 cm³/mol. The number of carbonyl (C=O) groups excluding carboxylic acids is 1. The molecule has 0 N–H and O–H groups in total. The van der Waals surface area contributed by atoms with Crippen LogP contribution >= 0.6 is 11.3 Å². The third-order valence-corrected chi connectivity index (χ3v) is 4.32. The lowest BCUT2D eigenvalue weighted by molar-refractivity contribution is 0.0605. The Kier molecular flexibility index (Phi) is 3.99. The van der Waals surface area contributed by atoms with Gasteiger partial charge >= 0.3 is 5.97 Å². The minimum Gasteiger partial charge on any atom is -0.465 e. The van der Waals surface area contributed by atoms with Gasteiger partial charge in [-0.3, -0.25) is 0 Å². The summed E-state index contributed by atoms with van der Waals surface area (Å²) < 4.78 is 4.81. The fourth-order valence-corrected chi connectivity index (χ4v) is 3.16. The normalized spacial score (nSPS) is 10.7. The third kappa shape index (κ3) is 2.28. The maximum absolute atomic E-state index is 11.8. The number of rotatable bonds is 4. The number of anilines is 1. The summed E-state index contributed by atoms with van der Waals surface area (Å²) in [4.78, 5) is 24.0. The van der Waals surface area contributed by atoms with Crippen molar-refractivity contribution in [3.05, 3.63) is 16.8 Å². The number of aryl methyl sites for hydroxylation is 1. The molecule has 6 heteroatoms. The van der Waals surface area contributed by atoms with Gasteiger partial charge in [-0.05, 0) is 26.3 Å². The molecule has 0 aliphatic rings. The molecule has 0 spiro atoms. The molecule has 5 nitrogen and oxygen atoms in total. The summed E-state index contributed by atoms with van der Waals surface area (Å²) in [5.41, 5.74) is 0.898. The maximum Gasteiger partial charge on any atom is 0.348 e. The second kappa shape index (κ2) is 5.52. The van der Waals surface area contributed by atoms with Crippen molar-refractivity contribution < 1.29 is 9.53 Å². The Hall–Kier alpha value is -1.69. The number of methoxy groups -OCH3 is 1. The first kappa shape index (κ1) is 13.7. The monoisotopic (exact) mass is 279 g/mol. The molecule has 2 aromatic heterocycles. The standard InChI is InChI=1S/C13H17N3O2S/c1-5-16(6-2)11-9-8(3)10(13(17)18-4)19-12(9)15-7-14-11/h7H,5-6H2,1-4H3. The number of esters is 1. The summed E-state index contributed by atoms with van der Waals surface area (Å²) in [7, 11) is 1.39. The number of hydrogen-bond acceptors (Lipinski definition) is 6. The zero-order chi connectivity index (χ0) is 14.0. The van der Waals surface area contributed by atoms with E-state index in [2.05, 4.69) is 28.7 Å². The summed E-state index contributed by atoms with van der Waals surface area (Å²) in [5, 5.41) is 0.955. The Morgan fingerprint density at radius 2 is 2.05 bits per heavy atom. The van der Waals surface area contributed by atoms with E-state index in [1.165, 1.54) is 18.4 Å². The highest BCUT2D eigenvalue weighted by Crippen LogP contribution is 2.34. The van der Waals surface area contributed by atoms with Gasteiger partial charge in [-0.15, -0.1) is 11.3 Å². The van der Waals surface area contributed by atoms with Crippen molar-refractivity contribution in [2.24, 2.45) is 0 Å². The van der Waals surface area contributed by atoms with Crippen LogP contribution in [0.5, 0.6) is 0 Å². The Morgan fingerprint density at radius 3 is 2.63 bits per heavy atom. The smallest absolute Gasteiger partial charge is 0.348 e. The predicted octanol–water partition coefficient (Wildman–Crippen LogP) is 2.63. The average Bonchev–Trinajstić information content (AvgIpc) is 2.77. The summed E-state index contributed by atoms with van der Waals surface area (Å²) in [6.45, 7) is 7.82. The van der Waals surface area contributed by atoms with Crippen molar-refractivity contribution in [3.8, 4) is 0 Å². The SMILES string of the molecule is CCN(CC)c1ncnc2sc(C(=O)OC)c(C)c12. The molecule has 2 rings (SSSR count). The lowest BCUT2D eigenvalue weighted by Gasteiger charge is -2.20. The Morgan fingerprint density at radius 1 is 1.37 bits per heavy atom. The van der Waals surface area contributed by atoms with Crippen LogP contribution in [0.4, 0.5) is 5.82 Å². The van der Waals surface area contributed by atoms with Gasteiger partial charge in [-0.25, -0.2) is 14.8 Å². The third-order valence-electron chi connectivity index (χ3n) is 3.14. The van der Waals surface area contributed by atoms with E-state index >= 15 is 0 Å². The number of nitrogens with zero attached hydrogens (tertiary/aromatic N) is 3. The Balaban J connectivity index is 2.67. The number of thiophene rings is 1. The van der Waals surface area contributed by atoms with E-state index in [9.17, 15) is 4.79 Å². The highest BCUT2D eigenvalue weighted by Gasteiger charge is 2.21. The first-order valence-corrected chi connectivity index (χ1v) is 7.03. The molecule has 0 aliphatic carbocycles. The quantitative estimate of drug-likeness (QED) is 0.805. The molecule has 0 atom stereocenters. The van der Waals surface area contributed by atoms with Gasteiger partial charge in [0.25, 0.3) is 0 Å². The first-order chi connectivity index (χ1) is 9.13. The first-order valence-electron chi connectivity index (χ1n) is 6.21. The van der Waals surface area contributed by atoms with E-state index in [1.807, 2.05) is 6.92 Å². The molecule has 102 valence electrons. The molecule has 0 aliphatic heterocycles. The van der Waals surface area contributed by atoms with Crippen LogP contribution in [0.25, 0.3) is 10.2 Å². The molecule has 0 saturated carbocycles. The van der Waals surface area contributed by atoms with Gasteiger partial charge in [0, 0.05) is 13.1 Å². The van der Waals surface area contributed by atoms with E-state index in [0.717, 1.165) is 34.7 Å². The number of carbonyl (C=O) groups is 1. The number of ether oxygens (including phenoxy) is 1. The van der Waals surface area contributed by atoms with Gasteiger partial charge in [-0.2, -0.15) is 0 Å². The van der Waals surface area contributed by atoms with Crippen molar-refractivity contribution in [3.63, 3.8) is 0 Å². The van der Waals surface area contributed by atoms with E-state index in [1.54, 1.807) is 6.33 Å². The summed E-state index contributed by atoms with van der Waals surface area (Å²) in [6.07, 6.45) is 1.55. The maximum atomic E-state index is 11.8. The zero-order valence-corrected chi connectivity index (χ0v) is 12.4. The zero-order valence-electron chi connectivity index (χ0n) is 11.6. The molecule has 0 fully saturated rings. The molecule has 0 bridgehead atoms. The molecule has 19 heavy (non-hydrogen) atoms. The fourth-order valence-electron chi connectivity index (χ4n) is 2.10. The molecule has 0 radical (unpaired) electrons. The molecule has 0 aromatic carbocycles. The molecule has 2 aromatic rings. The van der Waals surface area contributed by atoms with Crippen molar-refractivity contribution in [2.45, 2.75) is 20.8 Å². The van der Waals surface area contributed by atoms with Crippen LogP contribution in [0.2, 0.25) is 0 Å². The van der Waals surface area contributed by atoms with Gasteiger partial charge in [0.1, 0.15) is 21.9 Å². The molecular weight excluding hydrogens is 262 g/mol. The summed E-state index contributed by atoms with van der Waals surface area (Å²) in [5.74, 6) is 0.574. The summed E-state index contributed by atoms with van der Waals surface area (Å²) >= 11 is 1.36. The van der Waals surface area contributed by atoms with Gasteiger partial charge in [0.05, 0.1) is 12.5 Å². The highest BCUT2D eigenvalue weighted by atomic mass is 32.1. The Bertz CT molecular complexity index is 605. The highest BCUT2D eigenvalue weighted by molar-refractivity contribution is 7.20. The lowest BCUT2D eigenvalue weighted by atomic mass is 10.2. The van der Waals surface area contributed by atoms with Crippen molar-refractivity contribution >= 4 is 33.3 Å². The number of hydrogen-bond donors (Lipinski definition) is 0. The minimum absolute atomic E-state index is 0.314. The second-order valence-corrected chi connectivity index (χ2v) is 5.10. The van der Waals surface area contributed by atoms with Gasteiger partial charge in [-0.1, -0.05) is 0 Å². The summed E-state index contributed by atoms with van der Waals surface area (Å²) in [6, 6.07) is 0. The van der Waals surface area contributed by atoms with Crippen LogP contribution in [-0.2, 0) is 4.74 Å².